The summed E-state index contributed by atoms with van der Waals surface area (Å²) in [6, 6.07) is 16.6. The maximum atomic E-state index is 13.4. The number of imidazole rings is 1. The topological polar surface area (TPSA) is 78.3 Å². The van der Waals surface area contributed by atoms with Crippen molar-refractivity contribution in [2.75, 3.05) is 19.7 Å². The summed E-state index contributed by atoms with van der Waals surface area (Å²) in [6.07, 6.45) is 0.178. The van der Waals surface area contributed by atoms with Gasteiger partial charge in [-0.3, -0.25) is 0 Å². The van der Waals surface area contributed by atoms with Gasteiger partial charge < -0.3 is 19.4 Å². The lowest BCUT2D eigenvalue weighted by Gasteiger charge is -2.29. The first kappa shape index (κ1) is 29.8. The quantitative estimate of drug-likeness (QED) is 0.186. The van der Waals surface area contributed by atoms with Gasteiger partial charge in [-0.2, -0.15) is 0 Å². The Bertz CT molecular complexity index is 1810. The summed E-state index contributed by atoms with van der Waals surface area (Å²) < 4.78 is 15.3. The lowest BCUT2D eigenvalue weighted by Crippen LogP contribution is -2.29. The summed E-state index contributed by atoms with van der Waals surface area (Å²) in [5.74, 6) is 0.620. The van der Waals surface area contributed by atoms with Gasteiger partial charge in [-0.05, 0) is 102 Å². The van der Waals surface area contributed by atoms with Crippen LogP contribution >= 0.6 is 22.9 Å². The van der Waals surface area contributed by atoms with Gasteiger partial charge in [0.2, 0.25) is 0 Å². The Kier molecular flexibility index (Phi) is 8.07. The number of esters is 1. The normalized spacial score (nSPS) is 16.3. The second kappa shape index (κ2) is 11.7. The highest BCUT2D eigenvalue weighted by atomic mass is 35.5. The zero-order valence-corrected chi connectivity index (χ0v) is 27.0. The van der Waals surface area contributed by atoms with E-state index in [9.17, 15) is 4.79 Å². The van der Waals surface area contributed by atoms with E-state index in [0.29, 0.717) is 11.1 Å². The Balaban J connectivity index is 1.57. The molecule has 2 atom stereocenters. The highest BCUT2D eigenvalue weighted by Gasteiger charge is 2.33. The van der Waals surface area contributed by atoms with Gasteiger partial charge >= 0.3 is 5.97 Å². The molecule has 0 saturated carbocycles. The van der Waals surface area contributed by atoms with Gasteiger partial charge in [0.1, 0.15) is 10.8 Å². The monoisotopic (exact) mass is 616 g/mol. The number of thiazole rings is 1. The molecular weight excluding hydrogens is 580 g/mol. The highest BCUT2D eigenvalue weighted by Crippen LogP contribution is 2.45. The van der Waals surface area contributed by atoms with Gasteiger partial charge in [0.25, 0.3) is 0 Å². The van der Waals surface area contributed by atoms with Crippen LogP contribution in [0.5, 0.6) is 0 Å². The van der Waals surface area contributed by atoms with Gasteiger partial charge in [0.05, 0.1) is 33.5 Å². The van der Waals surface area contributed by atoms with Crippen LogP contribution in [0.1, 0.15) is 63.2 Å². The van der Waals surface area contributed by atoms with Crippen LogP contribution in [0.3, 0.4) is 0 Å². The largest absolute Gasteiger partial charge is 0.464 e. The van der Waals surface area contributed by atoms with E-state index in [1.807, 2.05) is 58.9 Å². The van der Waals surface area contributed by atoms with Crippen LogP contribution in [0.15, 0.2) is 48.5 Å². The zero-order valence-electron chi connectivity index (χ0n) is 25.5. The number of hydrogen-bond acceptors (Lipinski definition) is 7. The molecule has 5 aromatic rings. The van der Waals surface area contributed by atoms with E-state index in [4.69, 9.17) is 31.0 Å². The highest BCUT2D eigenvalue weighted by molar-refractivity contribution is 7.22. The second-order valence-corrected chi connectivity index (χ2v) is 13.5. The molecule has 224 valence electrons. The van der Waals surface area contributed by atoms with Crippen molar-refractivity contribution in [3.05, 3.63) is 70.5 Å². The van der Waals surface area contributed by atoms with Crippen LogP contribution in [0.25, 0.3) is 42.9 Å². The van der Waals surface area contributed by atoms with E-state index in [1.165, 1.54) is 0 Å². The van der Waals surface area contributed by atoms with Gasteiger partial charge in [0.15, 0.2) is 6.10 Å². The summed E-state index contributed by atoms with van der Waals surface area (Å²) in [5.41, 5.74) is 6.99. The van der Waals surface area contributed by atoms with E-state index in [0.717, 1.165) is 79.4 Å². The molecule has 7 nitrogen and oxygen atoms in total. The fraction of sp³-hybridized carbons (Fsp3) is 0.382. The molecule has 3 aromatic carbocycles. The van der Waals surface area contributed by atoms with Crippen molar-refractivity contribution in [2.45, 2.75) is 65.7 Å². The average molecular weight is 617 g/mol. The molecule has 3 heterocycles. The first-order valence-corrected chi connectivity index (χ1v) is 16.0. The van der Waals surface area contributed by atoms with E-state index in [-0.39, 0.29) is 6.61 Å². The van der Waals surface area contributed by atoms with Crippen LogP contribution in [-0.2, 0) is 14.3 Å². The maximum Gasteiger partial charge on any atom is 0.339 e. The van der Waals surface area contributed by atoms with Crippen LogP contribution in [0.4, 0.5) is 0 Å². The molecule has 9 heteroatoms. The molecule has 0 aliphatic carbocycles. The molecule has 0 amide bonds. The predicted octanol–water partition coefficient (Wildman–Crippen LogP) is 8.20. The molecule has 1 fully saturated rings. The van der Waals surface area contributed by atoms with Gasteiger partial charge in [0, 0.05) is 34.3 Å². The number of benzene rings is 3. The number of nitrogens with zero attached hydrogens (tertiary/aromatic N) is 3. The molecular formula is C34H37ClN4O3S. The van der Waals surface area contributed by atoms with E-state index in [2.05, 4.69) is 41.1 Å². The molecule has 6 rings (SSSR count). The number of halogens is 1. The number of ether oxygens (including phenoxy) is 2. The average Bonchev–Trinajstić information content (AvgIpc) is 3.69. The molecule has 0 spiro atoms. The molecule has 1 saturated heterocycles. The Morgan fingerprint density at radius 2 is 1.84 bits per heavy atom. The molecule has 0 radical (unpaired) electrons. The lowest BCUT2D eigenvalue weighted by atomic mass is 9.91. The fourth-order valence-corrected chi connectivity index (χ4v) is 7.29. The fourth-order valence-electron chi connectivity index (χ4n) is 6.04. The third-order valence-corrected chi connectivity index (χ3v) is 9.20. The van der Waals surface area contributed by atoms with Crippen molar-refractivity contribution < 1.29 is 14.3 Å². The van der Waals surface area contributed by atoms with Crippen molar-refractivity contribution in [3.63, 3.8) is 0 Å². The Morgan fingerprint density at radius 1 is 1.09 bits per heavy atom. The van der Waals surface area contributed by atoms with E-state index in [1.54, 1.807) is 11.3 Å². The number of rotatable bonds is 7. The lowest BCUT2D eigenvalue weighted by molar-refractivity contribution is -0.166. The number of fused-ring (bicyclic) bond motifs is 2. The number of hydrogen-bond donors (Lipinski definition) is 1. The summed E-state index contributed by atoms with van der Waals surface area (Å²) >= 11 is 7.92. The summed E-state index contributed by atoms with van der Waals surface area (Å²) in [4.78, 5) is 23.4. The number of carbonyl (C=O) groups is 1. The minimum atomic E-state index is -0.908. The second-order valence-electron chi connectivity index (χ2n) is 12.1. The molecule has 1 aliphatic heterocycles. The van der Waals surface area contributed by atoms with Crippen molar-refractivity contribution in [3.8, 4) is 21.7 Å². The smallest absolute Gasteiger partial charge is 0.339 e. The SMILES string of the molecule is CCOC(=O)C(OC(C)(C)C)c1c(C)cc2nc(-c3ccc4nc(C)n(C5CCNC5)c4c3)sc2c1-c1ccc(Cl)cc1. The van der Waals surface area contributed by atoms with Crippen molar-refractivity contribution in [1.82, 2.24) is 19.9 Å². The summed E-state index contributed by atoms with van der Waals surface area (Å²) in [7, 11) is 0. The van der Waals surface area contributed by atoms with E-state index < -0.39 is 17.7 Å². The van der Waals surface area contributed by atoms with Crippen LogP contribution in [-0.4, -0.2) is 45.8 Å². The Hall–Kier alpha value is -3.30. The molecule has 1 N–H and O–H groups in total. The summed E-state index contributed by atoms with van der Waals surface area (Å²) in [6.45, 7) is 14.0. The standard InChI is InChI=1S/C34H37ClN4O3S/c1-7-41-33(40)30(42-34(4,5)6)28-19(2)16-26-31(29(28)21-8-11-23(35)12-9-21)43-32(38-26)22-10-13-25-27(17-22)39(20(3)37-25)24-14-15-36-18-24/h8-13,16-17,24,30,36H,7,14-15,18H2,1-6H3. The molecule has 43 heavy (non-hydrogen) atoms. The van der Waals surface area contributed by atoms with Gasteiger partial charge in [-0.15, -0.1) is 11.3 Å². The van der Waals surface area contributed by atoms with Crippen molar-refractivity contribution in [1.29, 1.82) is 0 Å². The number of carbonyl (C=O) groups excluding carboxylic acids is 1. The minimum Gasteiger partial charge on any atom is -0.464 e. The maximum absolute atomic E-state index is 13.4. The van der Waals surface area contributed by atoms with Crippen LogP contribution < -0.4 is 5.32 Å². The predicted molar refractivity (Wildman–Crippen MR) is 175 cm³/mol. The van der Waals surface area contributed by atoms with Crippen molar-refractivity contribution in [2.24, 2.45) is 0 Å². The van der Waals surface area contributed by atoms with Gasteiger partial charge in [-0.25, -0.2) is 14.8 Å². The Morgan fingerprint density at radius 3 is 2.51 bits per heavy atom. The van der Waals surface area contributed by atoms with Crippen LogP contribution in [0, 0.1) is 13.8 Å². The van der Waals surface area contributed by atoms with E-state index >= 15 is 0 Å². The number of nitrogens with one attached hydrogen (secondary N) is 1. The van der Waals surface area contributed by atoms with Crippen LogP contribution in [0.2, 0.25) is 5.02 Å². The third kappa shape index (κ3) is 5.81. The summed E-state index contributed by atoms with van der Waals surface area (Å²) in [5, 5.41) is 5.03. The molecule has 2 unspecified atom stereocenters. The minimum absolute atomic E-state index is 0.264. The molecule has 0 bridgehead atoms. The Labute approximate surface area is 261 Å². The molecule has 2 aromatic heterocycles. The zero-order chi connectivity index (χ0) is 30.5. The third-order valence-electron chi connectivity index (χ3n) is 7.81. The van der Waals surface area contributed by atoms with Gasteiger partial charge in [-0.1, -0.05) is 23.7 Å². The number of aromatic nitrogens is 3. The first-order valence-electron chi connectivity index (χ1n) is 14.8. The first-order chi connectivity index (χ1) is 20.5. The number of aryl methyl sites for hydroxylation is 2. The van der Waals surface area contributed by atoms with Crippen molar-refractivity contribution >= 4 is 50.2 Å². The molecule has 1 aliphatic rings.